The van der Waals surface area contributed by atoms with Crippen LogP contribution in [0.1, 0.15) is 26.6 Å². The van der Waals surface area contributed by atoms with Gasteiger partial charge in [-0.1, -0.05) is 6.07 Å². The summed E-state index contributed by atoms with van der Waals surface area (Å²) in [6.45, 7) is 4.38. The Morgan fingerprint density at radius 2 is 2.30 bits per heavy atom. The first-order valence-electron chi connectivity index (χ1n) is 6.28. The standard InChI is InChI=1S/C14H14N4OS/c1-9-6-10(2)18-13(17-9)12(8-16-18)14(19)15-7-11-4-3-5-20-11/h3-6,8H,7H2,1-2H3,(H,15,19). The van der Waals surface area contributed by atoms with Crippen molar-refractivity contribution in [2.45, 2.75) is 20.4 Å². The van der Waals surface area contributed by atoms with E-state index in [1.54, 1.807) is 22.0 Å². The molecule has 3 aromatic heterocycles. The Kier molecular flexibility index (Phi) is 3.23. The number of aryl methyl sites for hydroxylation is 2. The van der Waals surface area contributed by atoms with E-state index >= 15 is 0 Å². The summed E-state index contributed by atoms with van der Waals surface area (Å²) >= 11 is 1.62. The Balaban J connectivity index is 1.88. The average Bonchev–Trinajstić information content (AvgIpc) is 3.04. The number of fused-ring (bicyclic) bond motifs is 1. The second-order valence-corrected chi connectivity index (χ2v) is 5.63. The fourth-order valence-electron chi connectivity index (χ4n) is 2.11. The number of aromatic nitrogens is 3. The maximum Gasteiger partial charge on any atom is 0.257 e. The number of amides is 1. The SMILES string of the molecule is Cc1cc(C)n2ncc(C(=O)NCc3cccs3)c2n1. The van der Waals surface area contributed by atoms with E-state index in [1.165, 1.54) is 0 Å². The molecule has 0 aromatic carbocycles. The zero-order valence-corrected chi connectivity index (χ0v) is 12.1. The molecule has 0 bridgehead atoms. The topological polar surface area (TPSA) is 59.3 Å². The predicted molar refractivity (Wildman–Crippen MR) is 78.0 cm³/mol. The van der Waals surface area contributed by atoms with E-state index < -0.39 is 0 Å². The second kappa shape index (κ2) is 5.05. The predicted octanol–water partition coefficient (Wildman–Crippen LogP) is 2.34. The van der Waals surface area contributed by atoms with Crippen molar-refractivity contribution in [3.63, 3.8) is 0 Å². The molecular formula is C14H14N4OS. The van der Waals surface area contributed by atoms with Crippen molar-refractivity contribution in [1.29, 1.82) is 0 Å². The summed E-state index contributed by atoms with van der Waals surface area (Å²) < 4.78 is 1.69. The maximum absolute atomic E-state index is 12.2. The van der Waals surface area contributed by atoms with Crippen LogP contribution in [0.5, 0.6) is 0 Å². The van der Waals surface area contributed by atoms with Gasteiger partial charge in [-0.3, -0.25) is 4.79 Å². The summed E-state index contributed by atoms with van der Waals surface area (Å²) in [4.78, 5) is 17.8. The Bertz CT molecular complexity index is 761. The number of nitrogens with zero attached hydrogens (tertiary/aromatic N) is 3. The lowest BCUT2D eigenvalue weighted by Crippen LogP contribution is -2.22. The molecule has 5 nitrogen and oxygen atoms in total. The molecule has 0 saturated carbocycles. The van der Waals surface area contributed by atoms with Gasteiger partial charge < -0.3 is 5.32 Å². The Labute approximate surface area is 120 Å². The lowest BCUT2D eigenvalue weighted by atomic mass is 10.3. The number of hydrogen-bond donors (Lipinski definition) is 1. The number of thiophene rings is 1. The van der Waals surface area contributed by atoms with Crippen LogP contribution in [-0.4, -0.2) is 20.5 Å². The summed E-state index contributed by atoms with van der Waals surface area (Å²) in [7, 11) is 0. The molecule has 0 fully saturated rings. The third kappa shape index (κ3) is 2.30. The van der Waals surface area contributed by atoms with E-state index in [0.717, 1.165) is 16.3 Å². The van der Waals surface area contributed by atoms with Crippen LogP contribution in [0.25, 0.3) is 5.65 Å². The van der Waals surface area contributed by atoms with Crippen molar-refractivity contribution in [2.75, 3.05) is 0 Å². The fraction of sp³-hybridized carbons (Fsp3) is 0.214. The van der Waals surface area contributed by atoms with Crippen LogP contribution < -0.4 is 5.32 Å². The monoisotopic (exact) mass is 286 g/mol. The van der Waals surface area contributed by atoms with Gasteiger partial charge in [0.1, 0.15) is 5.56 Å². The zero-order valence-electron chi connectivity index (χ0n) is 11.3. The van der Waals surface area contributed by atoms with E-state index in [4.69, 9.17) is 0 Å². The molecule has 102 valence electrons. The molecule has 0 aliphatic rings. The van der Waals surface area contributed by atoms with Crippen molar-refractivity contribution in [3.05, 3.63) is 51.6 Å². The Morgan fingerprint density at radius 3 is 3.05 bits per heavy atom. The van der Waals surface area contributed by atoms with Crippen LogP contribution in [-0.2, 0) is 6.54 Å². The number of carbonyl (C=O) groups is 1. The summed E-state index contributed by atoms with van der Waals surface area (Å²) in [5, 5.41) is 9.11. The number of hydrogen-bond acceptors (Lipinski definition) is 4. The average molecular weight is 286 g/mol. The van der Waals surface area contributed by atoms with Gasteiger partial charge in [0, 0.05) is 16.3 Å². The molecule has 6 heteroatoms. The van der Waals surface area contributed by atoms with Crippen molar-refractivity contribution in [2.24, 2.45) is 0 Å². The second-order valence-electron chi connectivity index (χ2n) is 4.59. The van der Waals surface area contributed by atoms with Crippen LogP contribution in [0.15, 0.2) is 29.8 Å². The minimum atomic E-state index is -0.147. The maximum atomic E-state index is 12.2. The number of nitrogens with one attached hydrogen (secondary N) is 1. The van der Waals surface area contributed by atoms with Gasteiger partial charge in [-0.15, -0.1) is 11.3 Å². The quantitative estimate of drug-likeness (QED) is 0.804. The highest BCUT2D eigenvalue weighted by Crippen LogP contribution is 2.13. The van der Waals surface area contributed by atoms with E-state index in [-0.39, 0.29) is 5.91 Å². The van der Waals surface area contributed by atoms with Gasteiger partial charge in [0.2, 0.25) is 0 Å². The van der Waals surface area contributed by atoms with Crippen LogP contribution in [0, 0.1) is 13.8 Å². The highest BCUT2D eigenvalue weighted by Gasteiger charge is 2.15. The molecule has 3 rings (SSSR count). The van der Waals surface area contributed by atoms with E-state index in [2.05, 4.69) is 15.4 Å². The van der Waals surface area contributed by atoms with Crippen LogP contribution >= 0.6 is 11.3 Å². The molecule has 0 spiro atoms. The summed E-state index contributed by atoms with van der Waals surface area (Å²) in [5.41, 5.74) is 2.95. The molecule has 1 amide bonds. The lowest BCUT2D eigenvalue weighted by molar-refractivity contribution is 0.0952. The highest BCUT2D eigenvalue weighted by molar-refractivity contribution is 7.09. The minimum absolute atomic E-state index is 0.147. The first-order chi connectivity index (χ1) is 9.65. The summed E-state index contributed by atoms with van der Waals surface area (Å²) in [5.74, 6) is -0.147. The lowest BCUT2D eigenvalue weighted by Gasteiger charge is -2.03. The third-order valence-corrected chi connectivity index (χ3v) is 3.90. The fourth-order valence-corrected chi connectivity index (χ4v) is 2.75. The van der Waals surface area contributed by atoms with Crippen LogP contribution in [0.2, 0.25) is 0 Å². The molecule has 0 atom stereocenters. The van der Waals surface area contributed by atoms with Crippen molar-refractivity contribution < 1.29 is 4.79 Å². The first kappa shape index (κ1) is 12.8. The number of rotatable bonds is 3. The highest BCUT2D eigenvalue weighted by atomic mass is 32.1. The van der Waals surface area contributed by atoms with E-state index in [9.17, 15) is 4.79 Å². The van der Waals surface area contributed by atoms with Gasteiger partial charge in [0.05, 0.1) is 12.7 Å². The molecule has 0 radical (unpaired) electrons. The molecule has 0 unspecified atom stereocenters. The smallest absolute Gasteiger partial charge is 0.257 e. The number of carbonyl (C=O) groups excluding carboxylic acids is 1. The molecule has 0 aliphatic carbocycles. The molecule has 1 N–H and O–H groups in total. The zero-order chi connectivity index (χ0) is 14.1. The van der Waals surface area contributed by atoms with E-state index in [1.807, 2.05) is 37.4 Å². The van der Waals surface area contributed by atoms with Crippen molar-refractivity contribution in [3.8, 4) is 0 Å². The summed E-state index contributed by atoms with van der Waals surface area (Å²) in [6, 6.07) is 5.90. The first-order valence-corrected chi connectivity index (χ1v) is 7.15. The van der Waals surface area contributed by atoms with Gasteiger partial charge in [0.15, 0.2) is 5.65 Å². The third-order valence-electron chi connectivity index (χ3n) is 3.03. The van der Waals surface area contributed by atoms with E-state index in [0.29, 0.717) is 17.8 Å². The Hall–Kier alpha value is -2.21. The van der Waals surface area contributed by atoms with Crippen LogP contribution in [0.4, 0.5) is 0 Å². The van der Waals surface area contributed by atoms with Gasteiger partial charge in [-0.05, 0) is 31.4 Å². The van der Waals surface area contributed by atoms with Crippen molar-refractivity contribution >= 4 is 22.9 Å². The Morgan fingerprint density at radius 1 is 1.45 bits per heavy atom. The molecule has 20 heavy (non-hydrogen) atoms. The van der Waals surface area contributed by atoms with Crippen molar-refractivity contribution in [1.82, 2.24) is 19.9 Å². The normalized spacial score (nSPS) is 10.9. The molecular weight excluding hydrogens is 272 g/mol. The summed E-state index contributed by atoms with van der Waals surface area (Å²) in [6.07, 6.45) is 1.57. The van der Waals surface area contributed by atoms with Crippen LogP contribution in [0.3, 0.4) is 0 Å². The molecule has 0 saturated heterocycles. The van der Waals surface area contributed by atoms with Gasteiger partial charge >= 0.3 is 0 Å². The van der Waals surface area contributed by atoms with Gasteiger partial charge in [-0.2, -0.15) is 5.10 Å². The van der Waals surface area contributed by atoms with Gasteiger partial charge in [-0.25, -0.2) is 9.50 Å². The minimum Gasteiger partial charge on any atom is -0.347 e. The molecule has 0 aliphatic heterocycles. The molecule has 3 aromatic rings. The molecule has 3 heterocycles. The van der Waals surface area contributed by atoms with Gasteiger partial charge in [0.25, 0.3) is 5.91 Å². The largest absolute Gasteiger partial charge is 0.347 e.